The van der Waals surface area contributed by atoms with E-state index in [0.29, 0.717) is 21.1 Å². The van der Waals surface area contributed by atoms with Gasteiger partial charge < -0.3 is 10.4 Å². The molecule has 0 saturated carbocycles. The number of benzene rings is 2. The van der Waals surface area contributed by atoms with Gasteiger partial charge in [-0.15, -0.1) is 10.2 Å². The number of nitrogens with one attached hydrogen (secondary N) is 1. The van der Waals surface area contributed by atoms with Gasteiger partial charge in [-0.05, 0) is 56.3 Å². The van der Waals surface area contributed by atoms with Gasteiger partial charge in [0.1, 0.15) is 5.01 Å². The number of carboxylic acid groups (broad SMARTS) is 1. The van der Waals surface area contributed by atoms with Crippen LogP contribution in [0.2, 0.25) is 0 Å². The number of anilines is 1. The van der Waals surface area contributed by atoms with Gasteiger partial charge in [-0.1, -0.05) is 35.6 Å². The summed E-state index contributed by atoms with van der Waals surface area (Å²) in [4.78, 5) is 17.1. The molecule has 4 rings (SSSR count). The Morgan fingerprint density at radius 3 is 2.39 bits per heavy atom. The zero-order valence-electron chi connectivity index (χ0n) is 20.8. The molecule has 2 aromatic heterocycles. The van der Waals surface area contributed by atoms with E-state index in [-0.39, 0.29) is 13.0 Å². The van der Waals surface area contributed by atoms with Crippen LogP contribution < -0.4 is 5.32 Å². The third-order valence-electron chi connectivity index (χ3n) is 5.90. The first-order valence-corrected chi connectivity index (χ1v) is 12.4. The van der Waals surface area contributed by atoms with E-state index in [0.717, 1.165) is 23.1 Å². The summed E-state index contributed by atoms with van der Waals surface area (Å²) < 4.78 is 52.5. The van der Waals surface area contributed by atoms with Crippen LogP contribution in [0.4, 0.5) is 27.5 Å². The average Bonchev–Trinajstić information content (AvgIpc) is 3.30. The molecule has 0 aliphatic carbocycles. The molecule has 0 saturated heterocycles. The van der Waals surface area contributed by atoms with Crippen LogP contribution in [0.25, 0.3) is 21.3 Å². The topological polar surface area (TPSA) is 91.2 Å². The summed E-state index contributed by atoms with van der Waals surface area (Å²) in [5.41, 5.74) is -0.241. The molecule has 0 spiro atoms. The number of halogens is 4. The minimum absolute atomic E-state index is 0.147. The summed E-state index contributed by atoms with van der Waals surface area (Å²) in [6.45, 7) is 5.40. The molecule has 200 valence electrons. The lowest BCUT2D eigenvalue weighted by Crippen LogP contribution is -2.54. The van der Waals surface area contributed by atoms with Crippen LogP contribution in [-0.4, -0.2) is 49.4 Å². The monoisotopic (exact) mass is 547 g/mol. The van der Waals surface area contributed by atoms with Crippen molar-refractivity contribution in [1.29, 1.82) is 0 Å². The highest BCUT2D eigenvalue weighted by Gasteiger charge is 2.34. The molecule has 0 aliphatic rings. The molecular formula is C26H25F4N5O2S. The Balaban J connectivity index is 1.55. The summed E-state index contributed by atoms with van der Waals surface area (Å²) in [5.74, 6) is -0.588. The van der Waals surface area contributed by atoms with Gasteiger partial charge in [0.25, 0.3) is 0 Å². The number of fused-ring (bicyclic) bond motifs is 1. The van der Waals surface area contributed by atoms with Crippen LogP contribution in [0, 0.1) is 5.95 Å². The standard InChI is InChI=1S/C26H25F4N5O2S/c1-25(2,3)35(24(36)37)20(10-15-4-8-19(9-5-15)26(28,29)30)14-32-23-34-33-22(38-23)16-6-7-17-13-31-21(27)12-18(17)11-16/h4-9,11-13,20H,10,14H2,1-3H3,(H,32,34)(H,36,37)/t20-/m0/s1. The van der Waals surface area contributed by atoms with E-state index in [1.807, 2.05) is 6.07 Å². The van der Waals surface area contributed by atoms with Gasteiger partial charge in [-0.25, -0.2) is 9.78 Å². The zero-order valence-corrected chi connectivity index (χ0v) is 21.6. The van der Waals surface area contributed by atoms with Gasteiger partial charge in [-0.3, -0.25) is 4.90 Å². The maximum atomic E-state index is 13.5. The average molecular weight is 548 g/mol. The van der Waals surface area contributed by atoms with Crippen molar-refractivity contribution < 1.29 is 27.5 Å². The summed E-state index contributed by atoms with van der Waals surface area (Å²) in [6, 6.07) is 10.8. The predicted molar refractivity (Wildman–Crippen MR) is 138 cm³/mol. The van der Waals surface area contributed by atoms with E-state index in [4.69, 9.17) is 0 Å². The molecular weight excluding hydrogens is 522 g/mol. The van der Waals surface area contributed by atoms with Crippen molar-refractivity contribution in [2.24, 2.45) is 0 Å². The molecule has 0 bridgehead atoms. The van der Waals surface area contributed by atoms with Crippen LogP contribution in [0.5, 0.6) is 0 Å². The SMILES string of the molecule is CC(C)(C)N(C(=O)O)[C@H](CNc1nnc(-c2ccc3cnc(F)cc3c2)s1)Cc1ccc(C(F)(F)F)cc1. The van der Waals surface area contributed by atoms with Crippen molar-refractivity contribution in [3.8, 4) is 10.6 Å². The maximum Gasteiger partial charge on any atom is 0.416 e. The second-order valence-corrected chi connectivity index (χ2v) is 10.7. The third kappa shape index (κ3) is 6.36. The molecule has 2 heterocycles. The van der Waals surface area contributed by atoms with E-state index in [1.54, 1.807) is 32.9 Å². The predicted octanol–water partition coefficient (Wildman–Crippen LogP) is 6.71. The Morgan fingerprint density at radius 1 is 1.05 bits per heavy atom. The number of amides is 1. The molecule has 12 heteroatoms. The molecule has 1 amide bonds. The van der Waals surface area contributed by atoms with E-state index < -0.39 is 35.4 Å². The summed E-state index contributed by atoms with van der Waals surface area (Å²) in [5, 5.41) is 23.9. The Hall–Kier alpha value is -3.80. The molecule has 0 aliphatic heterocycles. The fourth-order valence-corrected chi connectivity index (χ4v) is 4.96. The van der Waals surface area contributed by atoms with Crippen LogP contribution in [0.3, 0.4) is 0 Å². The first kappa shape index (κ1) is 27.2. The molecule has 0 unspecified atom stereocenters. The van der Waals surface area contributed by atoms with Crippen molar-refractivity contribution in [2.75, 3.05) is 11.9 Å². The largest absolute Gasteiger partial charge is 0.465 e. The maximum absolute atomic E-state index is 13.5. The number of hydrogen-bond donors (Lipinski definition) is 2. The summed E-state index contributed by atoms with van der Waals surface area (Å²) in [6.07, 6.45) is -3.97. The van der Waals surface area contributed by atoms with Gasteiger partial charge in [0.05, 0.1) is 11.6 Å². The third-order valence-corrected chi connectivity index (χ3v) is 6.83. The van der Waals surface area contributed by atoms with Crippen molar-refractivity contribution in [1.82, 2.24) is 20.1 Å². The first-order chi connectivity index (χ1) is 17.8. The molecule has 2 aromatic carbocycles. The van der Waals surface area contributed by atoms with Gasteiger partial charge in [0.2, 0.25) is 11.1 Å². The smallest absolute Gasteiger partial charge is 0.416 e. The normalized spacial score (nSPS) is 12.9. The number of nitrogens with zero attached hydrogens (tertiary/aromatic N) is 4. The number of aromatic nitrogens is 3. The van der Waals surface area contributed by atoms with Crippen LogP contribution >= 0.6 is 11.3 Å². The Kier molecular flexibility index (Phi) is 7.54. The number of rotatable bonds is 7. The lowest BCUT2D eigenvalue weighted by Gasteiger charge is -2.40. The van der Waals surface area contributed by atoms with Crippen LogP contribution in [0.15, 0.2) is 54.7 Å². The van der Waals surface area contributed by atoms with Gasteiger partial charge in [-0.2, -0.15) is 17.6 Å². The molecule has 7 nitrogen and oxygen atoms in total. The Bertz CT molecular complexity index is 1430. The van der Waals surface area contributed by atoms with Crippen molar-refractivity contribution in [3.05, 3.63) is 71.8 Å². The Morgan fingerprint density at radius 2 is 1.76 bits per heavy atom. The van der Waals surface area contributed by atoms with E-state index in [2.05, 4.69) is 20.5 Å². The first-order valence-electron chi connectivity index (χ1n) is 11.6. The number of alkyl halides is 3. The zero-order chi connectivity index (χ0) is 27.7. The molecule has 1 atom stereocenters. The highest BCUT2D eigenvalue weighted by molar-refractivity contribution is 7.18. The number of hydrogen-bond acceptors (Lipinski definition) is 6. The fourth-order valence-electron chi connectivity index (χ4n) is 4.21. The number of pyridine rings is 1. The lowest BCUT2D eigenvalue weighted by molar-refractivity contribution is -0.137. The summed E-state index contributed by atoms with van der Waals surface area (Å²) >= 11 is 1.25. The van der Waals surface area contributed by atoms with Crippen LogP contribution in [-0.2, 0) is 12.6 Å². The van der Waals surface area contributed by atoms with Gasteiger partial charge in [0, 0.05) is 35.3 Å². The molecule has 38 heavy (non-hydrogen) atoms. The lowest BCUT2D eigenvalue weighted by atomic mass is 9.98. The minimum atomic E-state index is -4.45. The second-order valence-electron chi connectivity index (χ2n) is 9.74. The van der Waals surface area contributed by atoms with Crippen LogP contribution in [0.1, 0.15) is 31.9 Å². The van der Waals surface area contributed by atoms with E-state index >= 15 is 0 Å². The molecule has 0 radical (unpaired) electrons. The highest BCUT2D eigenvalue weighted by atomic mass is 32.1. The van der Waals surface area contributed by atoms with Crippen molar-refractivity contribution >= 4 is 33.3 Å². The molecule has 4 aromatic rings. The van der Waals surface area contributed by atoms with Gasteiger partial charge >= 0.3 is 12.3 Å². The molecule has 2 N–H and O–H groups in total. The quantitative estimate of drug-likeness (QED) is 0.197. The second kappa shape index (κ2) is 10.5. The van der Waals surface area contributed by atoms with E-state index in [1.165, 1.54) is 40.6 Å². The Labute approximate surface area is 220 Å². The van der Waals surface area contributed by atoms with Gasteiger partial charge in [0.15, 0.2) is 0 Å². The fraction of sp³-hybridized carbons (Fsp3) is 0.308. The number of carbonyl (C=O) groups is 1. The van der Waals surface area contributed by atoms with Crippen molar-refractivity contribution in [2.45, 2.75) is 44.9 Å². The molecule has 0 fully saturated rings. The van der Waals surface area contributed by atoms with E-state index in [9.17, 15) is 27.5 Å². The summed E-state index contributed by atoms with van der Waals surface area (Å²) in [7, 11) is 0. The highest BCUT2D eigenvalue weighted by Crippen LogP contribution is 2.31. The van der Waals surface area contributed by atoms with Crippen molar-refractivity contribution in [3.63, 3.8) is 0 Å². The minimum Gasteiger partial charge on any atom is -0.465 e.